The van der Waals surface area contributed by atoms with Gasteiger partial charge in [-0.1, -0.05) is 60.2 Å². The van der Waals surface area contributed by atoms with Crippen LogP contribution in [0.25, 0.3) is 0 Å². The smallest absolute Gasteiger partial charge is 0.233 e. The van der Waals surface area contributed by atoms with E-state index in [9.17, 15) is 4.79 Å². The van der Waals surface area contributed by atoms with Gasteiger partial charge in [-0.05, 0) is 43.4 Å². The first-order valence-corrected chi connectivity index (χ1v) is 9.25. The molecule has 1 saturated carbocycles. The molecule has 4 rings (SSSR count). The molecule has 2 atom stereocenters. The highest BCUT2D eigenvalue weighted by atomic mass is 16.2. The summed E-state index contributed by atoms with van der Waals surface area (Å²) in [4.78, 5) is 15.4. The summed E-state index contributed by atoms with van der Waals surface area (Å²) in [5.74, 6) is 0.998. The van der Waals surface area contributed by atoms with Gasteiger partial charge in [0.15, 0.2) is 0 Å². The Morgan fingerprint density at radius 2 is 1.88 bits per heavy atom. The van der Waals surface area contributed by atoms with Gasteiger partial charge in [-0.3, -0.25) is 4.79 Å². The van der Waals surface area contributed by atoms with E-state index in [0.717, 1.165) is 25.9 Å². The Bertz CT molecular complexity index is 767. The minimum Gasteiger partial charge on any atom is -0.341 e. The molecule has 0 bridgehead atoms. The van der Waals surface area contributed by atoms with Crippen molar-refractivity contribution >= 4 is 5.91 Å². The Morgan fingerprint density at radius 3 is 2.52 bits per heavy atom. The molecule has 130 valence electrons. The molecule has 2 aliphatic rings. The minimum absolute atomic E-state index is 0.281. The fourth-order valence-corrected chi connectivity index (χ4v) is 4.35. The second kappa shape index (κ2) is 6.30. The van der Waals surface area contributed by atoms with Crippen LogP contribution in [-0.4, -0.2) is 30.4 Å². The van der Waals surface area contributed by atoms with E-state index in [-0.39, 0.29) is 5.41 Å². The van der Waals surface area contributed by atoms with E-state index in [1.807, 2.05) is 6.07 Å². The number of nitrogens with zero attached hydrogens (tertiary/aromatic N) is 1. The second-order valence-corrected chi connectivity index (χ2v) is 7.67. The molecule has 0 spiro atoms. The second-order valence-electron chi connectivity index (χ2n) is 7.67. The highest BCUT2D eigenvalue weighted by molar-refractivity contribution is 5.91. The van der Waals surface area contributed by atoms with E-state index in [4.69, 9.17) is 5.73 Å². The topological polar surface area (TPSA) is 46.3 Å². The zero-order chi connectivity index (χ0) is 17.4. The molecule has 25 heavy (non-hydrogen) atoms. The molecule has 2 N–H and O–H groups in total. The van der Waals surface area contributed by atoms with Crippen molar-refractivity contribution in [2.45, 2.75) is 31.1 Å². The molecule has 3 nitrogen and oxygen atoms in total. The quantitative estimate of drug-likeness (QED) is 0.933. The van der Waals surface area contributed by atoms with Crippen LogP contribution < -0.4 is 5.73 Å². The lowest BCUT2D eigenvalue weighted by atomic mass is 9.89. The van der Waals surface area contributed by atoms with E-state index >= 15 is 0 Å². The first kappa shape index (κ1) is 16.3. The van der Waals surface area contributed by atoms with Gasteiger partial charge in [0.2, 0.25) is 5.91 Å². The third-order valence-electron chi connectivity index (χ3n) is 5.99. The number of rotatable bonds is 4. The van der Waals surface area contributed by atoms with Gasteiger partial charge in [-0.15, -0.1) is 0 Å². The number of hydrogen-bond donors (Lipinski definition) is 1. The molecule has 2 aromatic rings. The number of likely N-dealkylation sites (tertiary alicyclic amines) is 1. The predicted molar refractivity (Wildman–Crippen MR) is 100 cm³/mol. The Morgan fingerprint density at radius 1 is 1.12 bits per heavy atom. The van der Waals surface area contributed by atoms with Crippen LogP contribution in [0, 0.1) is 12.8 Å². The molecule has 1 heterocycles. The summed E-state index contributed by atoms with van der Waals surface area (Å²) in [7, 11) is 0. The van der Waals surface area contributed by atoms with Gasteiger partial charge in [-0.2, -0.15) is 0 Å². The maximum Gasteiger partial charge on any atom is 0.233 e. The number of benzene rings is 2. The number of carbonyl (C=O) groups excluding carboxylic acids is 1. The van der Waals surface area contributed by atoms with Gasteiger partial charge in [0.1, 0.15) is 0 Å². The summed E-state index contributed by atoms with van der Waals surface area (Å²) in [5, 5.41) is 0. The summed E-state index contributed by atoms with van der Waals surface area (Å²) in [6.45, 7) is 4.29. The van der Waals surface area contributed by atoms with Crippen LogP contribution in [0.2, 0.25) is 0 Å². The molecule has 1 amide bonds. The first-order valence-electron chi connectivity index (χ1n) is 9.25. The Kier molecular flexibility index (Phi) is 4.12. The standard InChI is InChI=1S/C22H26N2O/c1-16-6-5-9-19(12-16)22(10-11-22)21(25)24-14-18(13-23)20(15-24)17-7-3-2-4-8-17/h2-9,12,18,20H,10-11,13-15,23H2,1H3/t18-,20+/m1/s1. The molecule has 2 fully saturated rings. The van der Waals surface area contributed by atoms with Crippen LogP contribution in [-0.2, 0) is 10.2 Å². The van der Waals surface area contributed by atoms with Crippen molar-refractivity contribution < 1.29 is 4.79 Å². The third kappa shape index (κ3) is 2.87. The molecule has 2 aromatic carbocycles. The van der Waals surface area contributed by atoms with Crippen LogP contribution in [0.3, 0.4) is 0 Å². The van der Waals surface area contributed by atoms with E-state index in [1.54, 1.807) is 0 Å². The predicted octanol–water partition coefficient (Wildman–Crippen LogP) is 3.23. The summed E-state index contributed by atoms with van der Waals surface area (Å²) < 4.78 is 0. The fourth-order valence-electron chi connectivity index (χ4n) is 4.35. The van der Waals surface area contributed by atoms with Gasteiger partial charge in [0.25, 0.3) is 0 Å². The Labute approximate surface area is 149 Å². The molecule has 1 saturated heterocycles. The van der Waals surface area contributed by atoms with E-state index in [2.05, 4.69) is 60.4 Å². The van der Waals surface area contributed by atoms with Crippen molar-refractivity contribution in [3.63, 3.8) is 0 Å². The van der Waals surface area contributed by atoms with Crippen molar-refractivity contribution in [2.24, 2.45) is 11.7 Å². The van der Waals surface area contributed by atoms with Crippen molar-refractivity contribution in [1.29, 1.82) is 0 Å². The van der Waals surface area contributed by atoms with Crippen LogP contribution in [0.1, 0.15) is 35.4 Å². The average Bonchev–Trinajstić information content (AvgIpc) is 3.34. The summed E-state index contributed by atoms with van der Waals surface area (Å²) in [6, 6.07) is 19.0. The van der Waals surface area contributed by atoms with Crippen molar-refractivity contribution in [3.8, 4) is 0 Å². The first-order chi connectivity index (χ1) is 12.1. The van der Waals surface area contributed by atoms with Crippen LogP contribution in [0.5, 0.6) is 0 Å². The fraction of sp³-hybridized carbons (Fsp3) is 0.409. The van der Waals surface area contributed by atoms with E-state index in [0.29, 0.717) is 24.3 Å². The number of aryl methyl sites for hydroxylation is 1. The Balaban J connectivity index is 1.57. The van der Waals surface area contributed by atoms with E-state index in [1.165, 1.54) is 16.7 Å². The van der Waals surface area contributed by atoms with Crippen molar-refractivity contribution in [3.05, 3.63) is 71.3 Å². The Hall–Kier alpha value is -2.13. The van der Waals surface area contributed by atoms with Gasteiger partial charge in [-0.25, -0.2) is 0 Å². The third-order valence-corrected chi connectivity index (χ3v) is 5.99. The van der Waals surface area contributed by atoms with Gasteiger partial charge in [0, 0.05) is 19.0 Å². The highest BCUT2D eigenvalue weighted by Gasteiger charge is 2.54. The lowest BCUT2D eigenvalue weighted by Crippen LogP contribution is -2.38. The molecule has 0 unspecified atom stereocenters. The average molecular weight is 334 g/mol. The lowest BCUT2D eigenvalue weighted by molar-refractivity contribution is -0.133. The van der Waals surface area contributed by atoms with E-state index < -0.39 is 0 Å². The molecule has 0 aromatic heterocycles. The molecular weight excluding hydrogens is 308 g/mol. The number of carbonyl (C=O) groups is 1. The van der Waals surface area contributed by atoms with Gasteiger partial charge in [0.05, 0.1) is 5.41 Å². The largest absolute Gasteiger partial charge is 0.341 e. The molecule has 0 radical (unpaired) electrons. The molecule has 3 heteroatoms. The molecular formula is C22H26N2O. The SMILES string of the molecule is Cc1cccc(C2(C(=O)N3C[C@@H](CN)[C@H](c4ccccc4)C3)CC2)c1. The van der Waals surface area contributed by atoms with Crippen LogP contribution in [0.15, 0.2) is 54.6 Å². The summed E-state index contributed by atoms with van der Waals surface area (Å²) >= 11 is 0. The summed E-state index contributed by atoms with van der Waals surface area (Å²) in [6.07, 6.45) is 1.93. The lowest BCUT2D eigenvalue weighted by Gasteiger charge is -2.24. The number of amides is 1. The highest BCUT2D eigenvalue weighted by Crippen LogP contribution is 2.51. The molecule has 1 aliphatic carbocycles. The van der Waals surface area contributed by atoms with Crippen LogP contribution >= 0.6 is 0 Å². The maximum atomic E-state index is 13.4. The normalized spacial score (nSPS) is 24.3. The van der Waals surface area contributed by atoms with Gasteiger partial charge >= 0.3 is 0 Å². The zero-order valence-corrected chi connectivity index (χ0v) is 14.8. The summed E-state index contributed by atoms with van der Waals surface area (Å²) in [5.41, 5.74) is 9.47. The van der Waals surface area contributed by atoms with Crippen LogP contribution in [0.4, 0.5) is 0 Å². The monoisotopic (exact) mass is 334 g/mol. The van der Waals surface area contributed by atoms with Crippen molar-refractivity contribution in [2.75, 3.05) is 19.6 Å². The maximum absolute atomic E-state index is 13.4. The zero-order valence-electron chi connectivity index (χ0n) is 14.8. The minimum atomic E-state index is -0.281. The number of hydrogen-bond acceptors (Lipinski definition) is 2. The van der Waals surface area contributed by atoms with Crippen molar-refractivity contribution in [1.82, 2.24) is 4.90 Å². The molecule has 1 aliphatic heterocycles. The number of nitrogens with two attached hydrogens (primary N) is 1. The van der Waals surface area contributed by atoms with Gasteiger partial charge < -0.3 is 10.6 Å².